The molecule has 0 heterocycles. The van der Waals surface area contributed by atoms with Gasteiger partial charge < -0.3 is 10.6 Å². The van der Waals surface area contributed by atoms with Crippen LogP contribution in [0.2, 0.25) is 0 Å². The molecule has 0 aromatic heterocycles. The molecule has 0 aliphatic heterocycles. The molecule has 2 aromatic rings. The van der Waals surface area contributed by atoms with E-state index in [-0.39, 0.29) is 22.5 Å². The summed E-state index contributed by atoms with van der Waals surface area (Å²) in [5.41, 5.74) is 1.16. The lowest BCUT2D eigenvalue weighted by atomic mass is 10.1. The monoisotopic (exact) mass is 481 g/mol. The summed E-state index contributed by atoms with van der Waals surface area (Å²) in [7, 11) is 0. The van der Waals surface area contributed by atoms with Crippen LogP contribution in [0.4, 0.5) is 5.69 Å². The fourth-order valence-corrected chi connectivity index (χ4v) is 3.00. The van der Waals surface area contributed by atoms with E-state index in [9.17, 15) is 9.59 Å². The number of hydrogen-bond donors (Lipinski definition) is 3. The summed E-state index contributed by atoms with van der Waals surface area (Å²) in [5.74, 6) is -0.517. The summed E-state index contributed by atoms with van der Waals surface area (Å²) in [6.45, 7) is 5.73. The minimum absolute atomic E-state index is 0.130. The zero-order chi connectivity index (χ0) is 19.3. The van der Waals surface area contributed by atoms with Crippen molar-refractivity contribution in [2.75, 3.05) is 5.32 Å². The first-order chi connectivity index (χ1) is 12.2. The standard InChI is InChI=1S/C19H20IN3O2S/c1-19(2,3)23-17(25)13-9-5-7-11-15(13)21-18(26)22-16(24)12-8-4-6-10-14(12)20/h4-11H,1-3H3,(H,23,25)(H2,21,22,24,26). The third-order valence-corrected chi connectivity index (χ3v) is 4.40. The highest BCUT2D eigenvalue weighted by Gasteiger charge is 2.18. The summed E-state index contributed by atoms with van der Waals surface area (Å²) in [6, 6.07) is 14.2. The van der Waals surface area contributed by atoms with Crippen LogP contribution in [0.3, 0.4) is 0 Å². The van der Waals surface area contributed by atoms with E-state index in [0.717, 1.165) is 3.57 Å². The van der Waals surface area contributed by atoms with Crippen LogP contribution >= 0.6 is 34.8 Å². The van der Waals surface area contributed by atoms with Gasteiger partial charge in [-0.15, -0.1) is 0 Å². The average Bonchev–Trinajstić information content (AvgIpc) is 2.53. The summed E-state index contributed by atoms with van der Waals surface area (Å²) in [5, 5.41) is 8.62. The highest BCUT2D eigenvalue weighted by Crippen LogP contribution is 2.16. The van der Waals surface area contributed by atoms with Gasteiger partial charge in [0, 0.05) is 9.11 Å². The van der Waals surface area contributed by atoms with Gasteiger partial charge in [0.25, 0.3) is 11.8 Å². The average molecular weight is 481 g/mol. The molecule has 7 heteroatoms. The molecule has 0 bridgehead atoms. The van der Waals surface area contributed by atoms with E-state index in [4.69, 9.17) is 12.2 Å². The fourth-order valence-electron chi connectivity index (χ4n) is 2.17. The molecular formula is C19H20IN3O2S. The summed E-state index contributed by atoms with van der Waals surface area (Å²) < 4.78 is 0.829. The largest absolute Gasteiger partial charge is 0.347 e. The molecule has 3 N–H and O–H groups in total. The van der Waals surface area contributed by atoms with Crippen LogP contribution in [0.1, 0.15) is 41.5 Å². The third-order valence-electron chi connectivity index (χ3n) is 3.25. The summed E-state index contributed by atoms with van der Waals surface area (Å²) in [6.07, 6.45) is 0. The minimum Gasteiger partial charge on any atom is -0.347 e. The molecular weight excluding hydrogens is 461 g/mol. The Balaban J connectivity index is 2.11. The number of benzene rings is 2. The van der Waals surface area contributed by atoms with Gasteiger partial charge in [-0.3, -0.25) is 14.9 Å². The molecule has 0 saturated carbocycles. The number of para-hydroxylation sites is 1. The first-order valence-electron chi connectivity index (χ1n) is 7.96. The predicted octanol–water partition coefficient (Wildman–Crippen LogP) is 3.95. The van der Waals surface area contributed by atoms with Crippen molar-refractivity contribution in [2.24, 2.45) is 0 Å². The summed E-state index contributed by atoms with van der Waals surface area (Å²) >= 11 is 7.33. The second-order valence-corrected chi connectivity index (χ2v) is 8.21. The fraction of sp³-hybridized carbons (Fsp3) is 0.211. The van der Waals surface area contributed by atoms with Crippen molar-refractivity contribution in [3.63, 3.8) is 0 Å². The Morgan fingerprint density at radius 2 is 1.50 bits per heavy atom. The molecule has 0 unspecified atom stereocenters. The molecule has 26 heavy (non-hydrogen) atoms. The molecule has 0 atom stereocenters. The Morgan fingerprint density at radius 3 is 2.12 bits per heavy atom. The number of anilines is 1. The molecule has 136 valence electrons. The third kappa shape index (κ3) is 5.77. The van der Waals surface area contributed by atoms with Crippen LogP contribution in [0.25, 0.3) is 0 Å². The first kappa shape index (κ1) is 20.3. The Labute approximate surface area is 172 Å². The Bertz CT molecular complexity index is 847. The maximum absolute atomic E-state index is 12.5. The first-order valence-corrected chi connectivity index (χ1v) is 9.44. The maximum Gasteiger partial charge on any atom is 0.258 e. The topological polar surface area (TPSA) is 70.2 Å². The van der Waals surface area contributed by atoms with Crippen molar-refractivity contribution >= 4 is 57.4 Å². The van der Waals surface area contributed by atoms with E-state index in [1.807, 2.05) is 32.9 Å². The van der Waals surface area contributed by atoms with Gasteiger partial charge in [0.15, 0.2) is 5.11 Å². The van der Waals surface area contributed by atoms with Gasteiger partial charge in [-0.1, -0.05) is 24.3 Å². The van der Waals surface area contributed by atoms with Crippen molar-refractivity contribution in [3.8, 4) is 0 Å². The predicted molar refractivity (Wildman–Crippen MR) is 117 cm³/mol. The highest BCUT2D eigenvalue weighted by molar-refractivity contribution is 14.1. The lowest BCUT2D eigenvalue weighted by molar-refractivity contribution is 0.0919. The minimum atomic E-state index is -0.358. The molecule has 2 rings (SSSR count). The number of nitrogens with one attached hydrogen (secondary N) is 3. The van der Waals surface area contributed by atoms with Crippen molar-refractivity contribution < 1.29 is 9.59 Å². The molecule has 0 spiro atoms. The van der Waals surface area contributed by atoms with Crippen LogP contribution in [0.15, 0.2) is 48.5 Å². The number of carbonyl (C=O) groups is 2. The summed E-state index contributed by atoms with van der Waals surface area (Å²) in [4.78, 5) is 24.8. The zero-order valence-electron chi connectivity index (χ0n) is 14.7. The molecule has 0 aliphatic carbocycles. The number of thiocarbonyl (C=S) groups is 1. The number of hydrogen-bond acceptors (Lipinski definition) is 3. The lowest BCUT2D eigenvalue weighted by Crippen LogP contribution is -2.41. The van der Waals surface area contributed by atoms with Crippen LogP contribution in [0.5, 0.6) is 0 Å². The van der Waals surface area contributed by atoms with Gasteiger partial charge in [0.2, 0.25) is 0 Å². The Kier molecular flexibility index (Phi) is 6.71. The van der Waals surface area contributed by atoms with Crippen LogP contribution in [-0.2, 0) is 0 Å². The van der Waals surface area contributed by atoms with Gasteiger partial charge in [0.1, 0.15) is 0 Å². The lowest BCUT2D eigenvalue weighted by Gasteiger charge is -2.21. The smallest absolute Gasteiger partial charge is 0.258 e. The van der Waals surface area contributed by atoms with Gasteiger partial charge in [0.05, 0.1) is 16.8 Å². The number of amides is 2. The molecule has 2 amide bonds. The quantitative estimate of drug-likeness (QED) is 0.459. The van der Waals surface area contributed by atoms with Gasteiger partial charge in [-0.25, -0.2) is 0 Å². The number of carbonyl (C=O) groups excluding carboxylic acids is 2. The van der Waals surface area contributed by atoms with Crippen molar-refractivity contribution in [3.05, 3.63) is 63.2 Å². The van der Waals surface area contributed by atoms with E-state index in [2.05, 4.69) is 38.5 Å². The van der Waals surface area contributed by atoms with Crippen molar-refractivity contribution in [2.45, 2.75) is 26.3 Å². The Morgan fingerprint density at radius 1 is 0.923 bits per heavy atom. The second kappa shape index (κ2) is 8.59. The van der Waals surface area contributed by atoms with Gasteiger partial charge in [-0.2, -0.15) is 0 Å². The van der Waals surface area contributed by atoms with Crippen molar-refractivity contribution in [1.82, 2.24) is 10.6 Å². The molecule has 5 nitrogen and oxygen atoms in total. The maximum atomic E-state index is 12.5. The molecule has 0 saturated heterocycles. The zero-order valence-corrected chi connectivity index (χ0v) is 17.7. The Hall–Kier alpha value is -2.00. The van der Waals surface area contributed by atoms with Crippen LogP contribution in [-0.4, -0.2) is 22.5 Å². The molecule has 0 radical (unpaired) electrons. The van der Waals surface area contributed by atoms with E-state index in [0.29, 0.717) is 16.8 Å². The van der Waals surface area contributed by atoms with Crippen LogP contribution < -0.4 is 16.0 Å². The van der Waals surface area contributed by atoms with Gasteiger partial charge >= 0.3 is 0 Å². The second-order valence-electron chi connectivity index (χ2n) is 6.64. The molecule has 0 fully saturated rings. The number of halogens is 1. The van der Waals surface area contributed by atoms with Crippen LogP contribution in [0, 0.1) is 3.57 Å². The van der Waals surface area contributed by atoms with E-state index < -0.39 is 0 Å². The molecule has 2 aromatic carbocycles. The van der Waals surface area contributed by atoms with E-state index in [1.54, 1.807) is 36.4 Å². The van der Waals surface area contributed by atoms with E-state index >= 15 is 0 Å². The molecule has 0 aliphatic rings. The normalized spacial score (nSPS) is 10.8. The van der Waals surface area contributed by atoms with Gasteiger partial charge in [-0.05, 0) is 79.8 Å². The van der Waals surface area contributed by atoms with E-state index in [1.165, 1.54) is 0 Å². The van der Waals surface area contributed by atoms with Crippen molar-refractivity contribution in [1.29, 1.82) is 0 Å². The SMILES string of the molecule is CC(C)(C)NC(=O)c1ccccc1NC(=S)NC(=O)c1ccccc1I. The number of rotatable bonds is 3. The highest BCUT2D eigenvalue weighted by atomic mass is 127.